The average molecular weight is 315 g/mol. The van der Waals surface area contributed by atoms with Gasteiger partial charge < -0.3 is 15.5 Å². The fourth-order valence-corrected chi connectivity index (χ4v) is 2.45. The number of alkyl halides is 3. The second kappa shape index (κ2) is 5.79. The maximum atomic E-state index is 12.7. The topological polar surface area (TPSA) is 49.6 Å². The minimum Gasteiger partial charge on any atom is -0.368 e. The molecular weight excluding hydrogens is 295 g/mol. The van der Waals surface area contributed by atoms with Crippen molar-refractivity contribution in [2.24, 2.45) is 5.73 Å². The molecule has 0 spiro atoms. The Morgan fingerprint density at radius 2 is 1.73 bits per heavy atom. The molecule has 2 rings (SSSR count). The maximum absolute atomic E-state index is 12.7. The first-order chi connectivity index (χ1) is 10.1. The van der Waals surface area contributed by atoms with Gasteiger partial charge >= 0.3 is 6.18 Å². The SMILES string of the molecule is CC(C)(N)C(=O)N1CCN(c2cccc(C(F)(F)F)c2)CC1. The summed E-state index contributed by atoms with van der Waals surface area (Å²) in [6.45, 7) is 5.18. The lowest BCUT2D eigenvalue weighted by molar-refractivity contribution is -0.137. The molecule has 22 heavy (non-hydrogen) atoms. The van der Waals surface area contributed by atoms with Crippen molar-refractivity contribution in [1.82, 2.24) is 4.90 Å². The van der Waals surface area contributed by atoms with Gasteiger partial charge in [0.15, 0.2) is 0 Å². The van der Waals surface area contributed by atoms with Crippen LogP contribution >= 0.6 is 0 Å². The van der Waals surface area contributed by atoms with Crippen LogP contribution < -0.4 is 10.6 Å². The summed E-state index contributed by atoms with van der Waals surface area (Å²) in [5.74, 6) is -0.142. The van der Waals surface area contributed by atoms with Gasteiger partial charge in [-0.2, -0.15) is 13.2 Å². The lowest BCUT2D eigenvalue weighted by atomic mass is 10.0. The Hall–Kier alpha value is -1.76. The third-order valence-corrected chi connectivity index (χ3v) is 3.66. The van der Waals surface area contributed by atoms with E-state index < -0.39 is 17.3 Å². The number of rotatable bonds is 2. The molecule has 0 aliphatic carbocycles. The highest BCUT2D eigenvalue weighted by atomic mass is 19.4. The van der Waals surface area contributed by atoms with Crippen molar-refractivity contribution >= 4 is 11.6 Å². The van der Waals surface area contributed by atoms with Gasteiger partial charge in [0.2, 0.25) is 5.91 Å². The summed E-state index contributed by atoms with van der Waals surface area (Å²) in [6.07, 6.45) is -4.35. The van der Waals surface area contributed by atoms with E-state index in [1.807, 2.05) is 4.90 Å². The molecule has 1 aliphatic rings. The molecule has 4 nitrogen and oxygen atoms in total. The highest BCUT2D eigenvalue weighted by Crippen LogP contribution is 2.31. The van der Waals surface area contributed by atoms with Crippen LogP contribution in [0.5, 0.6) is 0 Å². The quantitative estimate of drug-likeness (QED) is 0.909. The molecule has 0 bridgehead atoms. The number of carbonyl (C=O) groups excluding carboxylic acids is 1. The smallest absolute Gasteiger partial charge is 0.368 e. The molecule has 2 N–H and O–H groups in total. The fraction of sp³-hybridized carbons (Fsp3) is 0.533. The number of hydrogen-bond acceptors (Lipinski definition) is 3. The number of benzene rings is 1. The average Bonchev–Trinajstić information content (AvgIpc) is 2.45. The molecule has 1 aliphatic heterocycles. The van der Waals surface area contributed by atoms with Gasteiger partial charge in [0.1, 0.15) is 0 Å². The lowest BCUT2D eigenvalue weighted by Crippen LogP contribution is -2.57. The third-order valence-electron chi connectivity index (χ3n) is 3.66. The van der Waals surface area contributed by atoms with Crippen LogP contribution in [0.2, 0.25) is 0 Å². The molecule has 0 aromatic heterocycles. The fourth-order valence-electron chi connectivity index (χ4n) is 2.45. The van der Waals surface area contributed by atoms with Crippen LogP contribution in [0.25, 0.3) is 0 Å². The number of carbonyl (C=O) groups is 1. The number of nitrogens with zero attached hydrogens (tertiary/aromatic N) is 2. The molecule has 0 unspecified atom stereocenters. The molecular formula is C15H20F3N3O. The molecule has 1 heterocycles. The monoisotopic (exact) mass is 315 g/mol. The zero-order valence-electron chi connectivity index (χ0n) is 12.7. The van der Waals surface area contributed by atoms with Crippen molar-refractivity contribution in [2.45, 2.75) is 25.6 Å². The maximum Gasteiger partial charge on any atom is 0.416 e. The third kappa shape index (κ3) is 3.71. The van der Waals surface area contributed by atoms with Gasteiger partial charge in [0, 0.05) is 31.9 Å². The number of nitrogens with two attached hydrogens (primary N) is 1. The summed E-state index contributed by atoms with van der Waals surface area (Å²) in [5.41, 5.74) is 4.72. The summed E-state index contributed by atoms with van der Waals surface area (Å²) in [5, 5.41) is 0. The summed E-state index contributed by atoms with van der Waals surface area (Å²) >= 11 is 0. The number of piperazine rings is 1. The second-order valence-electron chi connectivity index (χ2n) is 6.05. The molecule has 1 aromatic rings. The molecule has 1 aromatic carbocycles. The van der Waals surface area contributed by atoms with Gasteiger partial charge in [-0.25, -0.2) is 0 Å². The van der Waals surface area contributed by atoms with E-state index in [0.29, 0.717) is 31.9 Å². The molecule has 122 valence electrons. The molecule has 0 atom stereocenters. The Morgan fingerprint density at radius 1 is 1.14 bits per heavy atom. The summed E-state index contributed by atoms with van der Waals surface area (Å²) < 4.78 is 38.2. The van der Waals surface area contributed by atoms with Crippen LogP contribution in [0.4, 0.5) is 18.9 Å². The molecule has 1 fully saturated rings. The first kappa shape index (κ1) is 16.6. The van der Waals surface area contributed by atoms with Gasteiger partial charge in [-0.1, -0.05) is 6.07 Å². The predicted molar refractivity (Wildman–Crippen MR) is 78.5 cm³/mol. The normalized spacial score (nSPS) is 16.8. The zero-order valence-corrected chi connectivity index (χ0v) is 12.7. The largest absolute Gasteiger partial charge is 0.416 e. The van der Waals surface area contributed by atoms with Crippen LogP contribution in [-0.4, -0.2) is 42.5 Å². The Labute approximate surface area is 127 Å². The predicted octanol–water partition coefficient (Wildman–Crippen LogP) is 2.09. The van der Waals surface area contributed by atoms with Crippen molar-refractivity contribution in [3.63, 3.8) is 0 Å². The number of halogens is 3. The van der Waals surface area contributed by atoms with Crippen molar-refractivity contribution in [2.75, 3.05) is 31.1 Å². The minimum absolute atomic E-state index is 0.142. The lowest BCUT2D eigenvalue weighted by Gasteiger charge is -2.38. The highest BCUT2D eigenvalue weighted by Gasteiger charge is 2.32. The molecule has 0 radical (unpaired) electrons. The van der Waals surface area contributed by atoms with Crippen LogP contribution in [0.1, 0.15) is 19.4 Å². The first-order valence-corrected chi connectivity index (χ1v) is 7.09. The first-order valence-electron chi connectivity index (χ1n) is 7.09. The van der Waals surface area contributed by atoms with Gasteiger partial charge in [-0.3, -0.25) is 4.79 Å². The van der Waals surface area contributed by atoms with E-state index in [1.165, 1.54) is 6.07 Å². The van der Waals surface area contributed by atoms with Crippen molar-refractivity contribution in [3.8, 4) is 0 Å². The van der Waals surface area contributed by atoms with Crippen molar-refractivity contribution < 1.29 is 18.0 Å². The second-order valence-corrected chi connectivity index (χ2v) is 6.05. The Bertz CT molecular complexity index is 544. The Kier molecular flexibility index (Phi) is 4.37. The van der Waals surface area contributed by atoms with E-state index in [2.05, 4.69) is 0 Å². The number of hydrogen-bond donors (Lipinski definition) is 1. The van der Waals surface area contributed by atoms with Crippen LogP contribution in [-0.2, 0) is 11.0 Å². The molecule has 0 saturated carbocycles. The van der Waals surface area contributed by atoms with E-state index in [1.54, 1.807) is 24.8 Å². The van der Waals surface area contributed by atoms with Crippen molar-refractivity contribution in [1.29, 1.82) is 0 Å². The van der Waals surface area contributed by atoms with E-state index in [-0.39, 0.29) is 5.91 Å². The Morgan fingerprint density at radius 3 is 2.23 bits per heavy atom. The van der Waals surface area contributed by atoms with Crippen LogP contribution in [0.3, 0.4) is 0 Å². The van der Waals surface area contributed by atoms with E-state index in [0.717, 1.165) is 12.1 Å². The van der Waals surface area contributed by atoms with Crippen molar-refractivity contribution in [3.05, 3.63) is 29.8 Å². The molecule has 1 amide bonds. The van der Waals surface area contributed by atoms with Gasteiger partial charge in [0.05, 0.1) is 11.1 Å². The number of anilines is 1. The standard InChI is InChI=1S/C15H20F3N3O/c1-14(2,19)13(22)21-8-6-20(7-9-21)12-5-3-4-11(10-12)15(16,17)18/h3-5,10H,6-9,19H2,1-2H3. The summed E-state index contributed by atoms with van der Waals surface area (Å²) in [4.78, 5) is 15.6. The van der Waals surface area contributed by atoms with Crippen LogP contribution in [0, 0.1) is 0 Å². The van der Waals surface area contributed by atoms with Gasteiger partial charge in [-0.15, -0.1) is 0 Å². The van der Waals surface area contributed by atoms with E-state index >= 15 is 0 Å². The zero-order chi connectivity index (χ0) is 16.5. The summed E-state index contributed by atoms with van der Waals surface area (Å²) in [6, 6.07) is 5.25. The highest BCUT2D eigenvalue weighted by molar-refractivity contribution is 5.85. The number of amides is 1. The molecule has 7 heteroatoms. The van der Waals surface area contributed by atoms with Crippen LogP contribution in [0.15, 0.2) is 24.3 Å². The van der Waals surface area contributed by atoms with Gasteiger partial charge in [0.25, 0.3) is 0 Å². The molecule has 1 saturated heterocycles. The minimum atomic E-state index is -4.35. The van der Waals surface area contributed by atoms with Gasteiger partial charge in [-0.05, 0) is 32.0 Å². The Balaban J connectivity index is 2.05. The van der Waals surface area contributed by atoms with E-state index in [9.17, 15) is 18.0 Å². The van der Waals surface area contributed by atoms with E-state index in [4.69, 9.17) is 5.73 Å². The summed E-state index contributed by atoms with van der Waals surface area (Å²) in [7, 11) is 0.